The van der Waals surface area contributed by atoms with E-state index < -0.39 is 7.12 Å². The van der Waals surface area contributed by atoms with E-state index in [4.69, 9.17) is 5.64 Å². The molecule has 36 valence electrons. The SMILES string of the molecule is CCCB(N)F. The van der Waals surface area contributed by atoms with Gasteiger partial charge in [-0.15, -0.1) is 0 Å². The van der Waals surface area contributed by atoms with Crippen LogP contribution in [-0.2, 0) is 0 Å². The van der Waals surface area contributed by atoms with Gasteiger partial charge >= 0.3 is 7.12 Å². The van der Waals surface area contributed by atoms with Crippen LogP contribution in [0.2, 0.25) is 6.32 Å². The molecule has 0 aromatic heterocycles. The number of nitrogens with two attached hydrogens (primary N) is 1. The minimum atomic E-state index is -1.10. The molecule has 0 amide bonds. The summed E-state index contributed by atoms with van der Waals surface area (Å²) >= 11 is 0. The monoisotopic (exact) mass is 89.1 g/mol. The van der Waals surface area contributed by atoms with E-state index in [1.54, 1.807) is 0 Å². The second kappa shape index (κ2) is 3.16. The minimum Gasteiger partial charge on any atom is -0.341 e. The lowest BCUT2D eigenvalue weighted by molar-refractivity contribution is 0.802. The maximum absolute atomic E-state index is 11.5. The highest BCUT2D eigenvalue weighted by Crippen LogP contribution is 1.89. The Labute approximate surface area is 37.9 Å². The van der Waals surface area contributed by atoms with Gasteiger partial charge in [0, 0.05) is 0 Å². The molecule has 0 spiro atoms. The van der Waals surface area contributed by atoms with Crippen molar-refractivity contribution in [2.45, 2.75) is 19.7 Å². The third-order valence-electron chi connectivity index (χ3n) is 0.564. The Morgan fingerprint density at radius 1 is 1.83 bits per heavy atom. The molecular formula is C3H9BFN. The molecule has 1 nitrogen and oxygen atoms in total. The molecule has 0 rings (SSSR count). The van der Waals surface area contributed by atoms with E-state index in [-0.39, 0.29) is 0 Å². The van der Waals surface area contributed by atoms with Gasteiger partial charge in [-0.1, -0.05) is 13.3 Å². The number of halogens is 1. The fourth-order valence-corrected chi connectivity index (χ4v) is 0.276. The molecule has 0 saturated carbocycles. The van der Waals surface area contributed by atoms with Crippen molar-refractivity contribution in [1.82, 2.24) is 0 Å². The van der Waals surface area contributed by atoms with Gasteiger partial charge in [0.1, 0.15) is 0 Å². The van der Waals surface area contributed by atoms with Gasteiger partial charge in [-0.05, 0) is 6.32 Å². The average Bonchev–Trinajstić information content (AvgIpc) is 1.35. The zero-order valence-electron chi connectivity index (χ0n) is 3.95. The van der Waals surface area contributed by atoms with Crippen molar-refractivity contribution in [3.05, 3.63) is 0 Å². The molecule has 0 aliphatic heterocycles. The Morgan fingerprint density at radius 3 is 2.33 bits per heavy atom. The third-order valence-corrected chi connectivity index (χ3v) is 0.564. The Morgan fingerprint density at radius 2 is 2.33 bits per heavy atom. The van der Waals surface area contributed by atoms with E-state index in [2.05, 4.69) is 0 Å². The van der Waals surface area contributed by atoms with Gasteiger partial charge in [0.15, 0.2) is 0 Å². The van der Waals surface area contributed by atoms with Crippen LogP contribution in [0.1, 0.15) is 13.3 Å². The van der Waals surface area contributed by atoms with Crippen molar-refractivity contribution in [3.63, 3.8) is 0 Å². The highest BCUT2D eigenvalue weighted by atomic mass is 19.1. The predicted octanol–water partition coefficient (Wildman–Crippen LogP) is 0.813. The highest BCUT2D eigenvalue weighted by Gasteiger charge is 2.00. The molecule has 0 aromatic rings. The van der Waals surface area contributed by atoms with E-state index in [1.807, 2.05) is 6.92 Å². The molecule has 0 atom stereocenters. The molecule has 2 N–H and O–H groups in total. The number of rotatable bonds is 2. The average molecular weight is 88.9 g/mol. The van der Waals surface area contributed by atoms with Crippen molar-refractivity contribution >= 4 is 7.12 Å². The van der Waals surface area contributed by atoms with Gasteiger partial charge < -0.3 is 9.96 Å². The van der Waals surface area contributed by atoms with Crippen LogP contribution in [0.5, 0.6) is 0 Å². The topological polar surface area (TPSA) is 26.0 Å². The zero-order valence-corrected chi connectivity index (χ0v) is 3.95. The highest BCUT2D eigenvalue weighted by molar-refractivity contribution is 6.46. The molecule has 0 fully saturated rings. The van der Waals surface area contributed by atoms with Crippen LogP contribution in [0.4, 0.5) is 4.32 Å². The molecule has 0 radical (unpaired) electrons. The first-order chi connectivity index (χ1) is 2.77. The van der Waals surface area contributed by atoms with Crippen LogP contribution < -0.4 is 5.64 Å². The molecule has 0 saturated heterocycles. The maximum Gasteiger partial charge on any atom is 0.425 e. The number of hydrogen-bond donors (Lipinski definition) is 1. The summed E-state index contributed by atoms with van der Waals surface area (Å²) in [4.78, 5) is 0. The molecule has 3 heteroatoms. The summed E-state index contributed by atoms with van der Waals surface area (Å²) in [6, 6.07) is 0. The molecule has 0 aromatic carbocycles. The second-order valence-corrected chi connectivity index (χ2v) is 1.30. The van der Waals surface area contributed by atoms with Gasteiger partial charge in [-0.25, -0.2) is 0 Å². The van der Waals surface area contributed by atoms with Crippen LogP contribution >= 0.6 is 0 Å². The van der Waals surface area contributed by atoms with Crippen LogP contribution in [0.15, 0.2) is 0 Å². The van der Waals surface area contributed by atoms with Gasteiger partial charge in [0.25, 0.3) is 0 Å². The molecule has 0 unspecified atom stereocenters. The standard InChI is InChI=1S/C3H9BFN/c1-2-3-4(5)6/h2-3,6H2,1H3. The first-order valence-corrected chi connectivity index (χ1v) is 2.17. The Hall–Kier alpha value is -0.0451. The molecular weight excluding hydrogens is 79.8 g/mol. The first kappa shape index (κ1) is 5.95. The van der Waals surface area contributed by atoms with Crippen molar-refractivity contribution in [2.75, 3.05) is 0 Å². The van der Waals surface area contributed by atoms with Crippen LogP contribution in [0, 0.1) is 0 Å². The Balaban J connectivity index is 2.63. The van der Waals surface area contributed by atoms with Gasteiger partial charge in [-0.3, -0.25) is 0 Å². The van der Waals surface area contributed by atoms with Crippen LogP contribution in [0.25, 0.3) is 0 Å². The largest absolute Gasteiger partial charge is 0.425 e. The Kier molecular flexibility index (Phi) is 3.13. The summed E-state index contributed by atoms with van der Waals surface area (Å²) in [5.74, 6) is 0. The minimum absolute atomic E-state index is 0.486. The van der Waals surface area contributed by atoms with E-state index in [0.29, 0.717) is 6.32 Å². The second-order valence-electron chi connectivity index (χ2n) is 1.30. The summed E-state index contributed by atoms with van der Waals surface area (Å²) < 4.78 is 11.5. The van der Waals surface area contributed by atoms with Crippen LogP contribution in [-0.4, -0.2) is 7.12 Å². The molecule has 0 bridgehead atoms. The summed E-state index contributed by atoms with van der Waals surface area (Å²) in [5.41, 5.74) is 4.74. The van der Waals surface area contributed by atoms with Crippen molar-refractivity contribution in [2.24, 2.45) is 5.64 Å². The summed E-state index contributed by atoms with van der Waals surface area (Å²) in [6.45, 7) is 1.90. The van der Waals surface area contributed by atoms with E-state index in [9.17, 15) is 4.32 Å². The molecule has 6 heavy (non-hydrogen) atoms. The van der Waals surface area contributed by atoms with Crippen molar-refractivity contribution < 1.29 is 4.32 Å². The maximum atomic E-state index is 11.5. The fourth-order valence-electron chi connectivity index (χ4n) is 0.276. The zero-order chi connectivity index (χ0) is 4.99. The third kappa shape index (κ3) is 3.95. The summed E-state index contributed by atoms with van der Waals surface area (Å²) in [7, 11) is -1.10. The van der Waals surface area contributed by atoms with Crippen LogP contribution in [0.3, 0.4) is 0 Å². The molecule has 0 aliphatic rings. The lowest BCUT2D eigenvalue weighted by atomic mass is 9.84. The van der Waals surface area contributed by atoms with Gasteiger partial charge in [0.05, 0.1) is 0 Å². The van der Waals surface area contributed by atoms with E-state index in [1.165, 1.54) is 0 Å². The summed E-state index contributed by atoms with van der Waals surface area (Å²) in [5, 5.41) is 0. The Bertz CT molecular complexity index is 32.0. The summed E-state index contributed by atoms with van der Waals surface area (Å²) in [6.07, 6.45) is 1.32. The molecule has 0 heterocycles. The predicted molar refractivity (Wildman–Crippen MR) is 26.1 cm³/mol. The van der Waals surface area contributed by atoms with E-state index in [0.717, 1.165) is 6.42 Å². The number of hydrogen-bond acceptors (Lipinski definition) is 1. The van der Waals surface area contributed by atoms with Gasteiger partial charge in [0.2, 0.25) is 0 Å². The smallest absolute Gasteiger partial charge is 0.341 e. The lowest BCUT2D eigenvalue weighted by Crippen LogP contribution is -2.17. The normalized spacial score (nSPS) is 8.50. The van der Waals surface area contributed by atoms with Crippen molar-refractivity contribution in [3.8, 4) is 0 Å². The fraction of sp³-hybridized carbons (Fsp3) is 1.00. The van der Waals surface area contributed by atoms with Crippen molar-refractivity contribution in [1.29, 1.82) is 0 Å². The van der Waals surface area contributed by atoms with Gasteiger partial charge in [-0.2, -0.15) is 0 Å². The van der Waals surface area contributed by atoms with E-state index >= 15 is 0 Å². The molecule has 0 aliphatic carbocycles. The first-order valence-electron chi connectivity index (χ1n) is 2.17. The quantitative estimate of drug-likeness (QED) is 0.497. The lowest BCUT2D eigenvalue weighted by Gasteiger charge is -1.86.